The van der Waals surface area contributed by atoms with Crippen LogP contribution in [0.25, 0.3) is 0 Å². The number of halogens is 2. The number of ether oxygens (including phenoxy) is 2. The van der Waals surface area contributed by atoms with E-state index >= 15 is 0 Å². The Morgan fingerprint density at radius 2 is 2.00 bits per heavy atom. The molecule has 0 bridgehead atoms. The van der Waals surface area contributed by atoms with E-state index in [4.69, 9.17) is 21.1 Å². The molecule has 1 heterocycles. The highest BCUT2D eigenvalue weighted by Crippen LogP contribution is 2.38. The molecule has 1 aliphatic heterocycles. The van der Waals surface area contributed by atoms with Gasteiger partial charge in [0.2, 0.25) is 5.91 Å². The molecule has 27 heavy (non-hydrogen) atoms. The van der Waals surface area contributed by atoms with Crippen molar-refractivity contribution in [3.8, 4) is 11.5 Å². The first-order valence-electron chi connectivity index (χ1n) is 8.24. The van der Waals surface area contributed by atoms with E-state index in [2.05, 4.69) is 15.9 Å². The normalized spacial score (nSPS) is 16.7. The predicted molar refractivity (Wildman–Crippen MR) is 111 cm³/mol. The fourth-order valence-corrected chi connectivity index (χ4v) is 4.48. The van der Waals surface area contributed by atoms with Crippen LogP contribution in [0.4, 0.5) is 10.5 Å². The van der Waals surface area contributed by atoms with Crippen LogP contribution >= 0.6 is 39.3 Å². The molecule has 2 aromatic rings. The van der Waals surface area contributed by atoms with Gasteiger partial charge in [-0.3, -0.25) is 9.59 Å². The number of hydrogen-bond donors (Lipinski definition) is 0. The van der Waals surface area contributed by atoms with Crippen LogP contribution in [0.5, 0.6) is 11.5 Å². The van der Waals surface area contributed by atoms with E-state index in [1.54, 1.807) is 37.4 Å². The first-order valence-corrected chi connectivity index (χ1v) is 10.3. The van der Waals surface area contributed by atoms with Crippen LogP contribution in [0.3, 0.4) is 0 Å². The minimum absolute atomic E-state index is 0.257. The molecule has 1 aliphatic rings. The molecule has 0 spiro atoms. The fraction of sp³-hybridized carbons (Fsp3) is 0.263. The summed E-state index contributed by atoms with van der Waals surface area (Å²) >= 11 is 10.5. The van der Waals surface area contributed by atoms with Crippen LogP contribution in [-0.4, -0.2) is 30.1 Å². The second-order valence-electron chi connectivity index (χ2n) is 5.76. The number of carbonyl (C=O) groups is 2. The smallest absolute Gasteiger partial charge is 0.293 e. The summed E-state index contributed by atoms with van der Waals surface area (Å²) in [5, 5.41) is -0.349. The van der Waals surface area contributed by atoms with Gasteiger partial charge in [0.1, 0.15) is 0 Å². The Balaban J connectivity index is 1.85. The van der Waals surface area contributed by atoms with Gasteiger partial charge >= 0.3 is 0 Å². The number of hydrogen-bond acceptors (Lipinski definition) is 5. The highest BCUT2D eigenvalue weighted by molar-refractivity contribution is 9.10. The lowest BCUT2D eigenvalue weighted by Crippen LogP contribution is -2.32. The summed E-state index contributed by atoms with van der Waals surface area (Å²) in [6, 6.07) is 10.4. The third kappa shape index (κ3) is 4.25. The quantitative estimate of drug-likeness (QED) is 0.572. The summed E-state index contributed by atoms with van der Waals surface area (Å²) in [7, 11) is 1.57. The zero-order valence-corrected chi connectivity index (χ0v) is 17.9. The lowest BCUT2D eigenvalue weighted by Gasteiger charge is -2.16. The minimum Gasteiger partial charge on any atom is -0.493 e. The molecule has 8 heteroatoms. The zero-order chi connectivity index (χ0) is 19.6. The van der Waals surface area contributed by atoms with Crippen LogP contribution < -0.4 is 14.4 Å². The minimum atomic E-state index is -0.518. The van der Waals surface area contributed by atoms with E-state index in [9.17, 15) is 9.59 Å². The van der Waals surface area contributed by atoms with Crippen LogP contribution in [0.15, 0.2) is 40.9 Å². The molecule has 2 amide bonds. The summed E-state index contributed by atoms with van der Waals surface area (Å²) in [6.45, 7) is 2.38. The number of nitrogens with zero attached hydrogens (tertiary/aromatic N) is 1. The molecular formula is C19H17BrClNO4S. The number of benzene rings is 2. The Morgan fingerprint density at radius 1 is 1.22 bits per heavy atom. The van der Waals surface area contributed by atoms with Crippen molar-refractivity contribution in [3.63, 3.8) is 0 Å². The molecule has 1 atom stereocenters. The number of carbonyl (C=O) groups excluding carboxylic acids is 2. The van der Waals surface area contributed by atoms with E-state index in [1.807, 2.05) is 13.0 Å². The van der Waals surface area contributed by atoms with E-state index in [1.165, 1.54) is 4.90 Å². The third-order valence-electron chi connectivity index (χ3n) is 4.03. The SMILES string of the molecule is CCOc1cc(C[C@@H]2SC(=O)N(c3cccc(Cl)c3)C2=O)c(Br)cc1OC. The van der Waals surface area contributed by atoms with Crippen molar-refractivity contribution < 1.29 is 19.1 Å². The van der Waals surface area contributed by atoms with E-state index < -0.39 is 5.25 Å². The number of methoxy groups -OCH3 is 1. The molecule has 0 aromatic heterocycles. The van der Waals surface area contributed by atoms with Gasteiger partial charge in [-0.15, -0.1) is 0 Å². The Hall–Kier alpha value is -1.70. The van der Waals surface area contributed by atoms with Gasteiger partial charge in [0.25, 0.3) is 5.24 Å². The summed E-state index contributed by atoms with van der Waals surface area (Å²) in [6.07, 6.45) is 0.386. The average Bonchev–Trinajstić information content (AvgIpc) is 2.91. The number of thioether (sulfide) groups is 1. The standard InChI is InChI=1S/C19H17BrClNO4S/c1-3-26-16-7-11(14(20)10-15(16)25-2)8-17-18(23)22(19(24)27-17)13-6-4-5-12(21)9-13/h4-7,9-10,17H,3,8H2,1-2H3/t17-/m0/s1. The van der Waals surface area contributed by atoms with Crippen molar-refractivity contribution in [2.75, 3.05) is 18.6 Å². The Kier molecular flexibility index (Phi) is 6.34. The zero-order valence-electron chi connectivity index (χ0n) is 14.7. The number of anilines is 1. The molecule has 1 fully saturated rings. The largest absolute Gasteiger partial charge is 0.493 e. The monoisotopic (exact) mass is 469 g/mol. The van der Waals surface area contributed by atoms with Gasteiger partial charge in [0.15, 0.2) is 11.5 Å². The molecule has 2 aromatic carbocycles. The summed E-state index contributed by atoms with van der Waals surface area (Å²) < 4.78 is 11.7. The van der Waals surface area contributed by atoms with Gasteiger partial charge < -0.3 is 9.47 Å². The lowest BCUT2D eigenvalue weighted by molar-refractivity contribution is -0.117. The van der Waals surface area contributed by atoms with Crippen molar-refractivity contribution in [3.05, 3.63) is 51.5 Å². The number of amides is 2. The number of imide groups is 1. The maximum Gasteiger partial charge on any atom is 0.293 e. The molecule has 5 nitrogen and oxygen atoms in total. The first-order chi connectivity index (χ1) is 12.9. The van der Waals surface area contributed by atoms with Gasteiger partial charge in [-0.1, -0.05) is 45.4 Å². The van der Waals surface area contributed by atoms with Crippen molar-refractivity contribution in [1.82, 2.24) is 0 Å². The average molecular weight is 471 g/mol. The molecule has 0 saturated carbocycles. The highest BCUT2D eigenvalue weighted by atomic mass is 79.9. The van der Waals surface area contributed by atoms with Crippen molar-refractivity contribution in [1.29, 1.82) is 0 Å². The van der Waals surface area contributed by atoms with Gasteiger partial charge in [0, 0.05) is 9.50 Å². The van der Waals surface area contributed by atoms with E-state index in [0.717, 1.165) is 21.8 Å². The first kappa shape index (κ1) is 20.0. The van der Waals surface area contributed by atoms with Crippen LogP contribution in [0.2, 0.25) is 5.02 Å². The van der Waals surface area contributed by atoms with Crippen molar-refractivity contribution in [2.24, 2.45) is 0 Å². The summed E-state index contributed by atoms with van der Waals surface area (Å²) in [5.41, 5.74) is 1.35. The second-order valence-corrected chi connectivity index (χ2v) is 8.20. The van der Waals surface area contributed by atoms with Crippen LogP contribution in [0.1, 0.15) is 12.5 Å². The molecule has 0 N–H and O–H groups in total. The van der Waals surface area contributed by atoms with Gasteiger partial charge in [-0.2, -0.15) is 0 Å². The van der Waals surface area contributed by atoms with E-state index in [0.29, 0.717) is 35.2 Å². The molecule has 0 radical (unpaired) electrons. The van der Waals surface area contributed by atoms with Crippen molar-refractivity contribution in [2.45, 2.75) is 18.6 Å². The second kappa shape index (κ2) is 8.54. The molecule has 3 rings (SSSR count). The van der Waals surface area contributed by atoms with Crippen LogP contribution in [0, 0.1) is 0 Å². The Bertz CT molecular complexity index is 892. The van der Waals surface area contributed by atoms with Crippen molar-refractivity contribution >= 4 is 56.1 Å². The highest BCUT2D eigenvalue weighted by Gasteiger charge is 2.40. The topological polar surface area (TPSA) is 55.8 Å². The molecule has 142 valence electrons. The molecular weight excluding hydrogens is 454 g/mol. The lowest BCUT2D eigenvalue weighted by atomic mass is 10.1. The Morgan fingerprint density at radius 3 is 2.67 bits per heavy atom. The molecule has 1 saturated heterocycles. The predicted octanol–water partition coefficient (Wildman–Crippen LogP) is 5.32. The summed E-state index contributed by atoms with van der Waals surface area (Å²) in [5.74, 6) is 0.953. The maximum atomic E-state index is 12.8. The van der Waals surface area contributed by atoms with Gasteiger partial charge in [0.05, 0.1) is 24.7 Å². The van der Waals surface area contributed by atoms with E-state index in [-0.39, 0.29) is 11.1 Å². The van der Waals surface area contributed by atoms with Gasteiger partial charge in [-0.25, -0.2) is 4.90 Å². The van der Waals surface area contributed by atoms with Crippen LogP contribution in [-0.2, 0) is 11.2 Å². The van der Waals surface area contributed by atoms with Gasteiger partial charge in [-0.05, 0) is 49.2 Å². The number of rotatable bonds is 6. The fourth-order valence-electron chi connectivity index (χ4n) is 2.80. The molecule has 0 aliphatic carbocycles. The summed E-state index contributed by atoms with van der Waals surface area (Å²) in [4.78, 5) is 26.5. The third-order valence-corrected chi connectivity index (χ3v) is 6.04. The Labute approximate surface area is 175 Å². The molecule has 0 unspecified atom stereocenters. The maximum absolute atomic E-state index is 12.8.